The number of thiazole rings is 1. The van der Waals surface area contributed by atoms with Crippen molar-refractivity contribution >= 4 is 48.5 Å². The number of anilines is 1. The number of amides is 1. The second-order valence-electron chi connectivity index (χ2n) is 5.95. The largest absolute Gasteiger partial charge is 0.471 e. The van der Waals surface area contributed by atoms with Gasteiger partial charge in [0.05, 0.1) is 10.2 Å². The van der Waals surface area contributed by atoms with Gasteiger partial charge in [0.2, 0.25) is 0 Å². The van der Waals surface area contributed by atoms with E-state index < -0.39 is 12.5 Å². The van der Waals surface area contributed by atoms with Crippen molar-refractivity contribution in [1.29, 1.82) is 0 Å². The zero-order chi connectivity index (χ0) is 21.1. The summed E-state index contributed by atoms with van der Waals surface area (Å²) in [5, 5.41) is 7.17. The molecule has 30 heavy (non-hydrogen) atoms. The lowest BCUT2D eigenvalue weighted by atomic mass is 10.3. The second kappa shape index (κ2) is 8.76. The summed E-state index contributed by atoms with van der Waals surface area (Å²) in [6.45, 7) is -2.76. The van der Waals surface area contributed by atoms with Crippen molar-refractivity contribution in [2.75, 3.05) is 5.32 Å². The zero-order valence-corrected chi connectivity index (χ0v) is 17.5. The van der Waals surface area contributed by atoms with E-state index in [1.54, 1.807) is 18.3 Å². The SMILES string of the molecule is O=C(Nc1nc2ccc(OC(F)F)cc2s1)c1ccn(COc2ccc(Br)cc2)n1. The molecule has 11 heteroatoms. The first kappa shape index (κ1) is 20.2. The molecule has 0 aliphatic rings. The Labute approximate surface area is 181 Å². The van der Waals surface area contributed by atoms with Crippen LogP contribution in [0.25, 0.3) is 10.2 Å². The quantitative estimate of drug-likeness (QED) is 0.384. The molecule has 0 radical (unpaired) electrons. The summed E-state index contributed by atoms with van der Waals surface area (Å²) in [7, 11) is 0. The summed E-state index contributed by atoms with van der Waals surface area (Å²) in [5.74, 6) is 0.258. The number of nitrogens with zero attached hydrogens (tertiary/aromatic N) is 3. The first-order valence-electron chi connectivity index (χ1n) is 8.55. The van der Waals surface area contributed by atoms with Crippen LogP contribution in [0.2, 0.25) is 0 Å². The van der Waals surface area contributed by atoms with Gasteiger partial charge in [-0.05, 0) is 48.5 Å². The fourth-order valence-corrected chi connectivity index (χ4v) is 3.68. The van der Waals surface area contributed by atoms with Crippen molar-refractivity contribution in [2.24, 2.45) is 0 Å². The summed E-state index contributed by atoms with van der Waals surface area (Å²) >= 11 is 4.50. The van der Waals surface area contributed by atoms with E-state index in [2.05, 4.69) is 36.1 Å². The van der Waals surface area contributed by atoms with E-state index in [9.17, 15) is 13.6 Å². The minimum absolute atomic E-state index is 0.0311. The maximum absolute atomic E-state index is 12.4. The Bertz CT molecular complexity index is 1180. The van der Waals surface area contributed by atoms with Crippen molar-refractivity contribution in [3.05, 3.63) is 64.9 Å². The van der Waals surface area contributed by atoms with Gasteiger partial charge >= 0.3 is 6.61 Å². The maximum Gasteiger partial charge on any atom is 0.387 e. The van der Waals surface area contributed by atoms with Crippen LogP contribution in [0.3, 0.4) is 0 Å². The summed E-state index contributed by atoms with van der Waals surface area (Å²) in [5.41, 5.74) is 0.751. The van der Waals surface area contributed by atoms with Gasteiger partial charge in [0.25, 0.3) is 5.91 Å². The Balaban J connectivity index is 1.39. The van der Waals surface area contributed by atoms with Gasteiger partial charge in [0.15, 0.2) is 17.6 Å². The molecule has 7 nitrogen and oxygen atoms in total. The number of hydrogen-bond acceptors (Lipinski definition) is 6. The van der Waals surface area contributed by atoms with Crippen LogP contribution in [-0.4, -0.2) is 27.3 Å². The number of rotatable bonds is 7. The van der Waals surface area contributed by atoms with Crippen LogP contribution in [0, 0.1) is 0 Å². The number of carbonyl (C=O) groups excluding carboxylic acids is 1. The molecule has 0 aliphatic heterocycles. The Hall–Kier alpha value is -3.05. The Kier molecular flexibility index (Phi) is 5.91. The maximum atomic E-state index is 12.4. The molecular formula is C19H13BrF2N4O3S. The van der Waals surface area contributed by atoms with Crippen LogP contribution >= 0.6 is 27.3 Å². The minimum atomic E-state index is -2.91. The highest BCUT2D eigenvalue weighted by Gasteiger charge is 2.14. The van der Waals surface area contributed by atoms with Crippen LogP contribution < -0.4 is 14.8 Å². The fourth-order valence-electron chi connectivity index (χ4n) is 2.52. The van der Waals surface area contributed by atoms with Crippen molar-refractivity contribution in [3.63, 3.8) is 0 Å². The fraction of sp³-hybridized carbons (Fsp3) is 0.105. The van der Waals surface area contributed by atoms with Gasteiger partial charge in [-0.2, -0.15) is 13.9 Å². The molecule has 4 aromatic rings. The highest BCUT2D eigenvalue weighted by molar-refractivity contribution is 9.10. The molecule has 0 bridgehead atoms. The Morgan fingerprint density at radius 2 is 1.93 bits per heavy atom. The van der Waals surface area contributed by atoms with Gasteiger partial charge in [-0.3, -0.25) is 10.1 Å². The molecule has 0 saturated carbocycles. The van der Waals surface area contributed by atoms with Gasteiger partial charge in [-0.1, -0.05) is 27.3 Å². The molecule has 2 aromatic carbocycles. The number of alkyl halides is 2. The lowest BCUT2D eigenvalue weighted by molar-refractivity contribution is -0.0497. The number of hydrogen-bond donors (Lipinski definition) is 1. The number of ether oxygens (including phenoxy) is 2. The van der Waals surface area contributed by atoms with E-state index >= 15 is 0 Å². The highest BCUT2D eigenvalue weighted by atomic mass is 79.9. The van der Waals surface area contributed by atoms with E-state index in [1.807, 2.05) is 24.3 Å². The van der Waals surface area contributed by atoms with Gasteiger partial charge in [-0.25, -0.2) is 9.67 Å². The number of halogens is 3. The average Bonchev–Trinajstić information content (AvgIpc) is 3.33. The molecule has 1 amide bonds. The summed E-state index contributed by atoms with van der Waals surface area (Å²) < 4.78 is 37.7. The third kappa shape index (κ3) is 4.92. The standard InChI is InChI=1S/C19H13BrF2N4O3S/c20-11-1-3-12(4-2-11)28-10-26-8-7-15(25-26)17(27)24-19-23-14-6-5-13(29-18(21)22)9-16(14)30-19/h1-9,18H,10H2,(H,23,24,27). The molecule has 0 unspecified atom stereocenters. The van der Waals surface area contributed by atoms with Crippen LogP contribution in [0.15, 0.2) is 59.2 Å². The number of aromatic nitrogens is 3. The molecule has 0 saturated heterocycles. The van der Waals surface area contributed by atoms with Crippen LogP contribution in [0.5, 0.6) is 11.5 Å². The number of fused-ring (bicyclic) bond motifs is 1. The summed E-state index contributed by atoms with van der Waals surface area (Å²) in [6.07, 6.45) is 1.63. The van der Waals surface area contributed by atoms with Crippen LogP contribution in [0.4, 0.5) is 13.9 Å². The molecule has 0 aliphatic carbocycles. The van der Waals surface area contributed by atoms with Crippen molar-refractivity contribution < 1.29 is 23.0 Å². The molecule has 2 aromatic heterocycles. The topological polar surface area (TPSA) is 78.3 Å². The van der Waals surface area contributed by atoms with E-state index in [0.29, 0.717) is 21.1 Å². The van der Waals surface area contributed by atoms with Crippen molar-refractivity contribution in [1.82, 2.24) is 14.8 Å². The van der Waals surface area contributed by atoms with Gasteiger partial charge in [-0.15, -0.1) is 0 Å². The van der Waals surface area contributed by atoms with Crippen LogP contribution in [-0.2, 0) is 6.73 Å². The molecule has 0 atom stereocenters. The second-order valence-corrected chi connectivity index (χ2v) is 7.90. The smallest absolute Gasteiger partial charge is 0.387 e. The van der Waals surface area contributed by atoms with E-state index in [1.165, 1.54) is 16.8 Å². The monoisotopic (exact) mass is 494 g/mol. The molecule has 0 fully saturated rings. The zero-order valence-electron chi connectivity index (χ0n) is 15.1. The normalized spacial score (nSPS) is 11.1. The first-order valence-corrected chi connectivity index (χ1v) is 10.2. The van der Waals surface area contributed by atoms with Gasteiger partial charge < -0.3 is 9.47 Å². The van der Waals surface area contributed by atoms with Crippen LogP contribution in [0.1, 0.15) is 10.5 Å². The lowest BCUT2D eigenvalue weighted by Crippen LogP contribution is -2.14. The minimum Gasteiger partial charge on any atom is -0.471 e. The Morgan fingerprint density at radius 3 is 2.70 bits per heavy atom. The predicted octanol–water partition coefficient (Wildman–Crippen LogP) is 5.15. The average molecular weight is 495 g/mol. The Morgan fingerprint density at radius 1 is 1.17 bits per heavy atom. The van der Waals surface area contributed by atoms with E-state index in [0.717, 1.165) is 15.8 Å². The molecule has 4 rings (SSSR count). The summed E-state index contributed by atoms with van der Waals surface area (Å²) in [6, 6.07) is 13.3. The number of benzene rings is 2. The number of nitrogens with one attached hydrogen (secondary N) is 1. The third-order valence-electron chi connectivity index (χ3n) is 3.86. The van der Waals surface area contributed by atoms with Gasteiger partial charge in [0, 0.05) is 10.7 Å². The molecule has 0 spiro atoms. The molecule has 1 N–H and O–H groups in total. The van der Waals surface area contributed by atoms with Crippen molar-refractivity contribution in [3.8, 4) is 11.5 Å². The lowest BCUT2D eigenvalue weighted by Gasteiger charge is -2.06. The van der Waals surface area contributed by atoms with Crippen molar-refractivity contribution in [2.45, 2.75) is 13.3 Å². The van der Waals surface area contributed by atoms with E-state index in [-0.39, 0.29) is 18.2 Å². The number of carbonyl (C=O) groups is 1. The third-order valence-corrected chi connectivity index (χ3v) is 5.32. The first-order chi connectivity index (χ1) is 14.5. The molecule has 154 valence electrons. The van der Waals surface area contributed by atoms with Gasteiger partial charge in [0.1, 0.15) is 11.5 Å². The summed E-state index contributed by atoms with van der Waals surface area (Å²) in [4.78, 5) is 16.7. The molecule has 2 heterocycles. The predicted molar refractivity (Wildman–Crippen MR) is 111 cm³/mol. The highest BCUT2D eigenvalue weighted by Crippen LogP contribution is 2.30. The molecular weight excluding hydrogens is 482 g/mol. The van der Waals surface area contributed by atoms with E-state index in [4.69, 9.17) is 4.74 Å².